The van der Waals surface area contributed by atoms with Gasteiger partial charge in [0.15, 0.2) is 0 Å². The van der Waals surface area contributed by atoms with Crippen LogP contribution in [0.5, 0.6) is 0 Å². The molecule has 106 valence electrons. The first-order valence-corrected chi connectivity index (χ1v) is 8.15. The van der Waals surface area contributed by atoms with Gasteiger partial charge in [0.2, 0.25) is 0 Å². The average molecular weight is 296 g/mol. The van der Waals surface area contributed by atoms with Crippen molar-refractivity contribution in [1.29, 1.82) is 0 Å². The fraction of sp³-hybridized carbons (Fsp3) is 0.294. The quantitative estimate of drug-likeness (QED) is 0.741. The van der Waals surface area contributed by atoms with Crippen molar-refractivity contribution < 1.29 is 0 Å². The van der Waals surface area contributed by atoms with Crippen LogP contribution in [0.2, 0.25) is 0 Å². The highest BCUT2D eigenvalue weighted by molar-refractivity contribution is 7.18. The Labute approximate surface area is 126 Å². The lowest BCUT2D eigenvalue weighted by Gasteiger charge is -2.09. The molecule has 0 fully saturated rings. The van der Waals surface area contributed by atoms with E-state index in [1.807, 2.05) is 25.1 Å². The summed E-state index contributed by atoms with van der Waals surface area (Å²) in [4.78, 5) is 22.4. The molecule has 21 heavy (non-hydrogen) atoms. The summed E-state index contributed by atoms with van der Waals surface area (Å²) in [5.41, 5.74) is 3.39. The van der Waals surface area contributed by atoms with Crippen LogP contribution in [0, 0.1) is 6.92 Å². The molecular weight excluding hydrogens is 280 g/mol. The van der Waals surface area contributed by atoms with E-state index in [-0.39, 0.29) is 5.56 Å². The highest BCUT2D eigenvalue weighted by Gasteiger charge is 2.19. The van der Waals surface area contributed by atoms with E-state index in [1.54, 1.807) is 11.3 Å². The Morgan fingerprint density at radius 1 is 1.24 bits per heavy atom. The number of aromatic nitrogens is 2. The predicted octanol–water partition coefficient (Wildman–Crippen LogP) is 3.84. The van der Waals surface area contributed by atoms with Gasteiger partial charge in [-0.2, -0.15) is 0 Å². The zero-order valence-corrected chi connectivity index (χ0v) is 12.7. The molecule has 0 saturated carbocycles. The third-order valence-electron chi connectivity index (χ3n) is 4.12. The molecule has 4 heteroatoms. The number of thiophene rings is 1. The van der Waals surface area contributed by atoms with E-state index in [2.05, 4.69) is 11.1 Å². The van der Waals surface area contributed by atoms with Gasteiger partial charge in [0.05, 0.1) is 5.39 Å². The summed E-state index contributed by atoms with van der Waals surface area (Å²) in [6, 6.07) is 8.08. The highest BCUT2D eigenvalue weighted by Crippen LogP contribution is 2.34. The highest BCUT2D eigenvalue weighted by atomic mass is 32.1. The summed E-state index contributed by atoms with van der Waals surface area (Å²) >= 11 is 1.70. The van der Waals surface area contributed by atoms with Crippen molar-refractivity contribution in [3.8, 4) is 11.4 Å². The molecule has 0 unspecified atom stereocenters. The second-order valence-electron chi connectivity index (χ2n) is 5.68. The minimum absolute atomic E-state index is 0.0101. The van der Waals surface area contributed by atoms with Gasteiger partial charge < -0.3 is 4.98 Å². The Morgan fingerprint density at radius 2 is 2.10 bits per heavy atom. The monoisotopic (exact) mass is 296 g/mol. The van der Waals surface area contributed by atoms with Crippen LogP contribution in [0.3, 0.4) is 0 Å². The minimum atomic E-state index is 0.0101. The van der Waals surface area contributed by atoms with Gasteiger partial charge in [-0.15, -0.1) is 11.3 Å². The van der Waals surface area contributed by atoms with Crippen molar-refractivity contribution in [3.05, 3.63) is 50.6 Å². The summed E-state index contributed by atoms with van der Waals surface area (Å²) in [5, 5.41) is 0.825. The van der Waals surface area contributed by atoms with Gasteiger partial charge in [0.1, 0.15) is 10.7 Å². The molecule has 0 aliphatic heterocycles. The van der Waals surface area contributed by atoms with E-state index < -0.39 is 0 Å². The molecule has 0 atom stereocenters. The molecule has 3 aromatic rings. The Kier molecular flexibility index (Phi) is 2.93. The molecule has 1 aromatic carbocycles. The molecule has 1 N–H and O–H groups in total. The number of hydrogen-bond donors (Lipinski definition) is 1. The van der Waals surface area contributed by atoms with E-state index in [0.717, 1.165) is 28.6 Å². The Hall–Kier alpha value is -1.94. The number of nitrogens with one attached hydrogen (secondary N) is 1. The van der Waals surface area contributed by atoms with E-state index >= 15 is 0 Å². The van der Waals surface area contributed by atoms with Crippen LogP contribution in [-0.2, 0) is 12.8 Å². The molecule has 4 rings (SSSR count). The van der Waals surface area contributed by atoms with Crippen molar-refractivity contribution in [2.75, 3.05) is 0 Å². The molecule has 0 amide bonds. The fourth-order valence-electron chi connectivity index (χ4n) is 3.09. The third kappa shape index (κ3) is 2.10. The lowest BCUT2D eigenvalue weighted by molar-refractivity contribution is 0.700. The summed E-state index contributed by atoms with van der Waals surface area (Å²) in [6.07, 6.45) is 4.51. The first-order chi connectivity index (χ1) is 10.2. The topological polar surface area (TPSA) is 45.8 Å². The lowest BCUT2D eigenvalue weighted by atomic mass is 9.97. The molecule has 2 heterocycles. The number of nitrogens with zero attached hydrogens (tertiary/aromatic N) is 1. The first kappa shape index (κ1) is 12.8. The molecule has 2 aromatic heterocycles. The SMILES string of the molecule is Cc1cccc(-c2nc3sc4c(c3c(=O)[nH]2)CCCC4)c1. The van der Waals surface area contributed by atoms with Gasteiger partial charge in [0.25, 0.3) is 5.56 Å². The summed E-state index contributed by atoms with van der Waals surface area (Å²) in [7, 11) is 0. The maximum atomic E-state index is 12.5. The molecule has 0 bridgehead atoms. The average Bonchev–Trinajstić information content (AvgIpc) is 2.86. The predicted molar refractivity (Wildman–Crippen MR) is 87.1 cm³/mol. The van der Waals surface area contributed by atoms with Gasteiger partial charge >= 0.3 is 0 Å². The van der Waals surface area contributed by atoms with Crippen LogP contribution >= 0.6 is 11.3 Å². The molecular formula is C17H16N2OS. The molecule has 1 aliphatic carbocycles. The second-order valence-corrected chi connectivity index (χ2v) is 6.76. The Bertz CT molecular complexity index is 891. The normalized spacial score (nSPS) is 14.3. The van der Waals surface area contributed by atoms with Crippen molar-refractivity contribution in [2.24, 2.45) is 0 Å². The second kappa shape index (κ2) is 4.81. The van der Waals surface area contributed by atoms with Crippen molar-refractivity contribution >= 4 is 21.6 Å². The maximum Gasteiger partial charge on any atom is 0.260 e. The number of hydrogen-bond acceptors (Lipinski definition) is 3. The minimum Gasteiger partial charge on any atom is -0.306 e. The molecule has 3 nitrogen and oxygen atoms in total. The van der Waals surface area contributed by atoms with Crippen LogP contribution in [-0.4, -0.2) is 9.97 Å². The maximum absolute atomic E-state index is 12.5. The van der Waals surface area contributed by atoms with Crippen molar-refractivity contribution in [1.82, 2.24) is 9.97 Å². The summed E-state index contributed by atoms with van der Waals surface area (Å²) in [5.74, 6) is 0.676. The van der Waals surface area contributed by atoms with E-state index in [0.29, 0.717) is 5.82 Å². The molecule has 0 radical (unpaired) electrons. The Morgan fingerprint density at radius 3 is 2.95 bits per heavy atom. The summed E-state index contributed by atoms with van der Waals surface area (Å²) < 4.78 is 0. The summed E-state index contributed by atoms with van der Waals surface area (Å²) in [6.45, 7) is 2.05. The first-order valence-electron chi connectivity index (χ1n) is 7.34. The number of benzene rings is 1. The van der Waals surface area contributed by atoms with Gasteiger partial charge in [-0.25, -0.2) is 4.98 Å². The van der Waals surface area contributed by atoms with Crippen LogP contribution < -0.4 is 5.56 Å². The Balaban J connectivity index is 1.96. The van der Waals surface area contributed by atoms with E-state index in [1.165, 1.54) is 28.8 Å². The van der Waals surface area contributed by atoms with Crippen LogP contribution in [0.15, 0.2) is 29.1 Å². The van der Waals surface area contributed by atoms with Gasteiger partial charge in [-0.3, -0.25) is 4.79 Å². The largest absolute Gasteiger partial charge is 0.306 e. The fourth-order valence-corrected chi connectivity index (χ4v) is 4.36. The lowest BCUT2D eigenvalue weighted by Crippen LogP contribution is -2.11. The number of aryl methyl sites for hydroxylation is 3. The van der Waals surface area contributed by atoms with Gasteiger partial charge in [-0.1, -0.05) is 23.8 Å². The van der Waals surface area contributed by atoms with Crippen molar-refractivity contribution in [3.63, 3.8) is 0 Å². The smallest absolute Gasteiger partial charge is 0.260 e. The zero-order chi connectivity index (χ0) is 14.4. The van der Waals surface area contributed by atoms with Crippen LogP contribution in [0.25, 0.3) is 21.6 Å². The van der Waals surface area contributed by atoms with E-state index in [9.17, 15) is 4.79 Å². The van der Waals surface area contributed by atoms with Crippen molar-refractivity contribution in [2.45, 2.75) is 32.6 Å². The molecule has 0 spiro atoms. The number of H-pyrrole nitrogens is 1. The van der Waals surface area contributed by atoms with Gasteiger partial charge in [0, 0.05) is 10.4 Å². The molecule has 0 saturated heterocycles. The number of rotatable bonds is 1. The van der Waals surface area contributed by atoms with Crippen LogP contribution in [0.4, 0.5) is 0 Å². The van der Waals surface area contributed by atoms with E-state index in [4.69, 9.17) is 4.98 Å². The zero-order valence-electron chi connectivity index (χ0n) is 11.9. The number of aromatic amines is 1. The standard InChI is InChI=1S/C17H16N2OS/c1-10-5-4-6-11(9-10)15-18-16(20)14-12-7-2-3-8-13(12)21-17(14)19-15/h4-6,9H,2-3,7-8H2,1H3,(H,18,19,20). The third-order valence-corrected chi connectivity index (χ3v) is 5.30. The van der Waals surface area contributed by atoms with Gasteiger partial charge in [-0.05, 0) is 44.2 Å². The van der Waals surface area contributed by atoms with Crippen LogP contribution in [0.1, 0.15) is 28.8 Å². The number of fused-ring (bicyclic) bond motifs is 3. The molecule has 1 aliphatic rings.